The van der Waals surface area contributed by atoms with Gasteiger partial charge in [-0.05, 0) is 60.8 Å². The maximum Gasteiger partial charge on any atom is 0.240 e. The number of hydrogen-bond donors (Lipinski definition) is 1. The first-order valence-electron chi connectivity index (χ1n) is 11.4. The maximum absolute atomic E-state index is 12.2. The normalized spacial score (nSPS) is 12.7. The quantitative estimate of drug-likeness (QED) is 0.207. The Morgan fingerprint density at radius 3 is 2.38 bits per heavy atom. The summed E-state index contributed by atoms with van der Waals surface area (Å²) in [5.41, 5.74) is 6.08. The summed E-state index contributed by atoms with van der Waals surface area (Å²) in [6.45, 7) is 15.8. The monoisotopic (exact) mass is 476 g/mol. The summed E-state index contributed by atoms with van der Waals surface area (Å²) in [4.78, 5) is 13.1. The molecule has 0 fully saturated rings. The van der Waals surface area contributed by atoms with Crippen molar-refractivity contribution in [2.24, 2.45) is 5.10 Å². The highest BCUT2D eigenvalue weighted by Gasteiger charge is 2.26. The average molecular weight is 477 g/mol. The topological polar surface area (TPSA) is 50.7 Å². The van der Waals surface area contributed by atoms with E-state index in [1.165, 1.54) is 22.5 Å². The molecule has 1 amide bonds. The van der Waals surface area contributed by atoms with Crippen molar-refractivity contribution >= 4 is 34.6 Å². The number of benzene rings is 1. The van der Waals surface area contributed by atoms with Gasteiger partial charge < -0.3 is 4.74 Å². The molecule has 1 aromatic heterocycles. The number of carbonyl (C=O) groups is 1. The molecule has 1 N–H and O–H groups in total. The molecule has 1 heterocycles. The van der Waals surface area contributed by atoms with Crippen LogP contribution in [0.15, 0.2) is 35.4 Å². The second kappa shape index (κ2) is 11.3. The molecule has 0 aliphatic carbocycles. The predicted molar refractivity (Wildman–Crippen MR) is 137 cm³/mol. The van der Waals surface area contributed by atoms with Crippen molar-refractivity contribution in [3.63, 3.8) is 0 Å². The van der Waals surface area contributed by atoms with Crippen molar-refractivity contribution in [3.05, 3.63) is 50.7 Å². The summed E-state index contributed by atoms with van der Waals surface area (Å²) in [7, 11) is 0. The summed E-state index contributed by atoms with van der Waals surface area (Å²) in [6.07, 6.45) is 3.08. The van der Waals surface area contributed by atoms with E-state index in [2.05, 4.69) is 70.3 Å². The fourth-order valence-corrected chi connectivity index (χ4v) is 4.17. The summed E-state index contributed by atoms with van der Waals surface area (Å²) in [6, 6.07) is 10.3. The molecule has 0 spiro atoms. The smallest absolute Gasteiger partial charge is 0.240 e. The number of rotatable bonds is 11. The van der Waals surface area contributed by atoms with Gasteiger partial charge in [-0.25, -0.2) is 5.43 Å². The minimum atomic E-state index is -0.121. The van der Waals surface area contributed by atoms with Crippen LogP contribution >= 0.6 is 22.9 Å². The van der Waals surface area contributed by atoms with Crippen LogP contribution in [-0.2, 0) is 15.6 Å². The lowest BCUT2D eigenvalue weighted by Gasteiger charge is -2.30. The van der Waals surface area contributed by atoms with Crippen LogP contribution in [0.2, 0.25) is 4.34 Å². The molecule has 4 nitrogen and oxygen atoms in total. The van der Waals surface area contributed by atoms with E-state index < -0.39 is 0 Å². The van der Waals surface area contributed by atoms with E-state index >= 15 is 0 Å². The Bertz CT molecular complexity index is 947. The molecule has 176 valence electrons. The number of nitrogens with zero attached hydrogens (tertiary/aromatic N) is 1. The lowest BCUT2D eigenvalue weighted by atomic mass is 9.76. The third-order valence-electron chi connectivity index (χ3n) is 6.34. The summed E-state index contributed by atoms with van der Waals surface area (Å²) < 4.78 is 6.85. The first kappa shape index (κ1) is 26.4. The first-order chi connectivity index (χ1) is 15.0. The molecule has 0 saturated heterocycles. The van der Waals surface area contributed by atoms with Crippen molar-refractivity contribution in [1.29, 1.82) is 0 Å². The Balaban J connectivity index is 1.96. The van der Waals surface area contributed by atoms with Crippen LogP contribution in [0.4, 0.5) is 0 Å². The van der Waals surface area contributed by atoms with Crippen LogP contribution < -0.4 is 10.2 Å². The van der Waals surface area contributed by atoms with Crippen LogP contribution in [-0.4, -0.2) is 18.2 Å². The summed E-state index contributed by atoms with van der Waals surface area (Å²) in [5, 5.41) is 4.17. The van der Waals surface area contributed by atoms with E-state index in [-0.39, 0.29) is 16.7 Å². The van der Waals surface area contributed by atoms with Crippen LogP contribution in [0.3, 0.4) is 0 Å². The number of thiophene rings is 1. The van der Waals surface area contributed by atoms with Gasteiger partial charge in [0.05, 0.1) is 21.5 Å². The number of carbonyl (C=O) groups excluding carboxylic acids is 1. The van der Waals surface area contributed by atoms with E-state index in [9.17, 15) is 4.79 Å². The second-order valence-corrected chi connectivity index (χ2v) is 11.2. The number of hydrazone groups is 1. The van der Waals surface area contributed by atoms with Crippen LogP contribution in [0.5, 0.6) is 5.75 Å². The molecule has 0 aliphatic heterocycles. The minimum absolute atomic E-state index is 0.0173. The van der Waals surface area contributed by atoms with Gasteiger partial charge in [-0.3, -0.25) is 4.79 Å². The second-order valence-electron chi connectivity index (χ2n) is 9.47. The van der Waals surface area contributed by atoms with E-state index in [0.717, 1.165) is 29.2 Å². The van der Waals surface area contributed by atoms with Crippen molar-refractivity contribution in [2.45, 2.75) is 85.0 Å². The lowest BCUT2D eigenvalue weighted by molar-refractivity contribution is -0.121. The zero-order valence-electron chi connectivity index (χ0n) is 20.5. The van der Waals surface area contributed by atoms with Gasteiger partial charge in [-0.2, -0.15) is 5.10 Å². The van der Waals surface area contributed by atoms with Crippen LogP contribution in [0, 0.1) is 0 Å². The highest BCUT2D eigenvalue weighted by Crippen LogP contribution is 2.38. The third kappa shape index (κ3) is 7.08. The zero-order valence-corrected chi connectivity index (χ0v) is 22.0. The Morgan fingerprint density at radius 1 is 1.09 bits per heavy atom. The molecule has 0 bridgehead atoms. The molecule has 1 aromatic carbocycles. The first-order valence-corrected chi connectivity index (χ1v) is 12.6. The molecule has 2 rings (SSSR count). The molecule has 32 heavy (non-hydrogen) atoms. The predicted octanol–water partition coefficient (Wildman–Crippen LogP) is 7.48. The van der Waals surface area contributed by atoms with E-state index in [0.29, 0.717) is 23.8 Å². The van der Waals surface area contributed by atoms with Gasteiger partial charge >= 0.3 is 0 Å². The number of hydrogen-bond acceptors (Lipinski definition) is 4. The highest BCUT2D eigenvalue weighted by atomic mass is 35.5. The van der Waals surface area contributed by atoms with Crippen molar-refractivity contribution in [1.82, 2.24) is 5.43 Å². The number of ether oxygens (including phenoxy) is 1. The van der Waals surface area contributed by atoms with Crippen LogP contribution in [0.1, 0.15) is 90.2 Å². The van der Waals surface area contributed by atoms with Gasteiger partial charge in [0.25, 0.3) is 0 Å². The Kier molecular flexibility index (Phi) is 9.35. The van der Waals surface area contributed by atoms with Gasteiger partial charge in [0.15, 0.2) is 0 Å². The van der Waals surface area contributed by atoms with Gasteiger partial charge in [-0.15, -0.1) is 11.3 Å². The van der Waals surface area contributed by atoms with Gasteiger partial charge in [0, 0.05) is 12.0 Å². The van der Waals surface area contributed by atoms with Gasteiger partial charge in [-0.1, -0.05) is 65.3 Å². The Morgan fingerprint density at radius 2 is 1.78 bits per heavy atom. The lowest BCUT2D eigenvalue weighted by Crippen LogP contribution is -2.22. The van der Waals surface area contributed by atoms with Crippen molar-refractivity contribution in [3.8, 4) is 5.75 Å². The number of nitrogens with one attached hydrogen (secondary N) is 1. The summed E-state index contributed by atoms with van der Waals surface area (Å²) >= 11 is 7.39. The van der Waals surface area contributed by atoms with Crippen molar-refractivity contribution < 1.29 is 9.53 Å². The number of amides is 1. The van der Waals surface area contributed by atoms with E-state index in [1.54, 1.807) is 0 Å². The van der Waals surface area contributed by atoms with Crippen LogP contribution in [0.25, 0.3) is 0 Å². The largest absolute Gasteiger partial charge is 0.493 e. The molecular formula is C26H37ClN2O2S. The molecule has 0 unspecified atom stereocenters. The average Bonchev–Trinajstić information content (AvgIpc) is 3.21. The standard InChI is InChI=1S/C26H37ClN2O2S/c1-8-25(4,5)19-12-13-21(20(17-19)26(6,7)9-2)31-16-10-11-24(30)29-28-18(3)22-14-15-23(27)32-22/h12-15,17H,8-11,16H2,1-7H3,(H,29,30). The highest BCUT2D eigenvalue weighted by molar-refractivity contribution is 7.18. The number of halogens is 1. The molecule has 6 heteroatoms. The van der Waals surface area contributed by atoms with Gasteiger partial charge in [0.2, 0.25) is 5.91 Å². The molecule has 2 aromatic rings. The minimum Gasteiger partial charge on any atom is -0.493 e. The zero-order chi connectivity index (χ0) is 23.9. The Labute approximate surface area is 202 Å². The molecule has 0 aliphatic rings. The molecule has 0 radical (unpaired) electrons. The van der Waals surface area contributed by atoms with Crippen molar-refractivity contribution in [2.75, 3.05) is 6.61 Å². The molecule has 0 saturated carbocycles. The fourth-order valence-electron chi connectivity index (χ4n) is 3.18. The maximum atomic E-state index is 12.2. The fraction of sp³-hybridized carbons (Fsp3) is 0.538. The van der Waals surface area contributed by atoms with Gasteiger partial charge in [0.1, 0.15) is 5.75 Å². The van der Waals surface area contributed by atoms with E-state index in [1.807, 2.05) is 19.1 Å². The molecular weight excluding hydrogens is 440 g/mol. The SMILES string of the molecule is CCC(C)(C)c1ccc(OCCCC(=O)NN=C(C)c2ccc(Cl)s2)c(C(C)(C)CC)c1. The third-order valence-corrected chi connectivity index (χ3v) is 7.68. The summed E-state index contributed by atoms with van der Waals surface area (Å²) in [5.74, 6) is 0.793. The van der Waals surface area contributed by atoms with E-state index in [4.69, 9.17) is 16.3 Å². The Hall–Kier alpha value is -1.85. The molecule has 0 atom stereocenters.